The van der Waals surface area contributed by atoms with E-state index < -0.39 is 0 Å². The number of hydrogen-bond acceptors (Lipinski definition) is 2. The minimum Gasteiger partial charge on any atom is -0.384 e. The van der Waals surface area contributed by atoms with Crippen LogP contribution in [0.25, 0.3) is 0 Å². The van der Waals surface area contributed by atoms with Crippen LogP contribution in [0.5, 0.6) is 0 Å². The van der Waals surface area contributed by atoms with Crippen molar-refractivity contribution in [1.29, 1.82) is 0 Å². The Kier molecular flexibility index (Phi) is 2.27. The summed E-state index contributed by atoms with van der Waals surface area (Å²) in [6, 6.07) is 3.70. The molecule has 2 N–H and O–H groups in total. The van der Waals surface area contributed by atoms with Gasteiger partial charge in [0.25, 0.3) is 0 Å². The Bertz CT molecular complexity index is 235. The Morgan fingerprint density at radius 3 is 2.80 bits per heavy atom. The maximum Gasteiger partial charge on any atom is 0.123 e. The molecule has 10 heavy (non-hydrogen) atoms. The van der Waals surface area contributed by atoms with Gasteiger partial charge in [-0.1, -0.05) is 6.92 Å². The molecule has 54 valence electrons. The van der Waals surface area contributed by atoms with Crippen molar-refractivity contribution in [2.75, 3.05) is 5.73 Å². The van der Waals surface area contributed by atoms with Gasteiger partial charge in [0.1, 0.15) is 5.82 Å². The number of aryl methyl sites for hydroxylation is 1. The molecule has 0 aliphatic rings. The molecule has 1 heterocycles. The molecule has 0 aliphatic heterocycles. The van der Waals surface area contributed by atoms with E-state index in [-0.39, 0.29) is 0 Å². The van der Waals surface area contributed by atoms with Gasteiger partial charge in [-0.2, -0.15) is 0 Å². The molecule has 0 saturated carbocycles. The van der Waals surface area contributed by atoms with Gasteiger partial charge in [0.05, 0.1) is 5.69 Å². The predicted molar refractivity (Wildman–Crippen MR) is 45.7 cm³/mol. The summed E-state index contributed by atoms with van der Waals surface area (Å²) in [6.45, 7) is 2.05. The maximum absolute atomic E-state index is 5.47. The summed E-state index contributed by atoms with van der Waals surface area (Å²) < 4.78 is 1.03. The minimum absolute atomic E-state index is 0.583. The number of halogens is 1. The van der Waals surface area contributed by atoms with Gasteiger partial charge >= 0.3 is 0 Å². The zero-order valence-corrected chi connectivity index (χ0v) is 7.35. The maximum atomic E-state index is 5.47. The Labute approximate surface area is 68.6 Å². The summed E-state index contributed by atoms with van der Waals surface area (Å²) >= 11 is 3.37. The zero-order valence-electron chi connectivity index (χ0n) is 5.76. The molecule has 0 atom stereocenters. The third kappa shape index (κ3) is 1.48. The molecule has 0 aromatic carbocycles. The van der Waals surface area contributed by atoms with Crippen molar-refractivity contribution in [2.45, 2.75) is 13.3 Å². The van der Waals surface area contributed by atoms with Crippen molar-refractivity contribution in [1.82, 2.24) is 4.98 Å². The molecule has 0 aliphatic carbocycles. The first-order valence-corrected chi connectivity index (χ1v) is 3.94. The van der Waals surface area contributed by atoms with Crippen LogP contribution in [0.3, 0.4) is 0 Å². The number of nitrogens with two attached hydrogens (primary N) is 1. The van der Waals surface area contributed by atoms with E-state index in [0.29, 0.717) is 5.82 Å². The second kappa shape index (κ2) is 3.01. The molecule has 0 bridgehead atoms. The fourth-order valence-corrected chi connectivity index (χ4v) is 1.25. The average Bonchev–Trinajstić information content (AvgIpc) is 1.94. The van der Waals surface area contributed by atoms with Crippen LogP contribution in [0.1, 0.15) is 12.6 Å². The standard InChI is InChI=1S/C7H9BrN2/c1-2-6-5(8)3-4-7(9)10-6/h3-4H,2H2,1H3,(H2,9,10). The second-order valence-electron chi connectivity index (χ2n) is 2.02. The van der Waals surface area contributed by atoms with E-state index in [1.54, 1.807) is 6.07 Å². The third-order valence-electron chi connectivity index (χ3n) is 1.28. The SMILES string of the molecule is CCc1nc(N)ccc1Br. The van der Waals surface area contributed by atoms with Gasteiger partial charge in [-0.05, 0) is 34.5 Å². The van der Waals surface area contributed by atoms with Crippen molar-refractivity contribution >= 4 is 21.7 Å². The van der Waals surface area contributed by atoms with Crippen LogP contribution in [0, 0.1) is 0 Å². The molecule has 0 spiro atoms. The van der Waals surface area contributed by atoms with Gasteiger partial charge in [-0.15, -0.1) is 0 Å². The van der Waals surface area contributed by atoms with Crippen molar-refractivity contribution in [3.63, 3.8) is 0 Å². The summed E-state index contributed by atoms with van der Waals surface area (Å²) in [7, 11) is 0. The van der Waals surface area contributed by atoms with Crippen LogP contribution in [-0.2, 0) is 6.42 Å². The van der Waals surface area contributed by atoms with Crippen LogP contribution in [0.2, 0.25) is 0 Å². The highest BCUT2D eigenvalue weighted by Gasteiger charge is 1.97. The van der Waals surface area contributed by atoms with Crippen LogP contribution >= 0.6 is 15.9 Å². The second-order valence-corrected chi connectivity index (χ2v) is 2.87. The topological polar surface area (TPSA) is 38.9 Å². The zero-order chi connectivity index (χ0) is 7.56. The summed E-state index contributed by atoms with van der Waals surface area (Å²) in [6.07, 6.45) is 0.908. The molecule has 1 aromatic heterocycles. The summed E-state index contributed by atoms with van der Waals surface area (Å²) in [5.41, 5.74) is 6.48. The van der Waals surface area contributed by atoms with Crippen molar-refractivity contribution in [3.8, 4) is 0 Å². The number of aromatic nitrogens is 1. The lowest BCUT2D eigenvalue weighted by molar-refractivity contribution is 1.03. The number of anilines is 1. The fraction of sp³-hybridized carbons (Fsp3) is 0.286. The molecule has 3 heteroatoms. The largest absolute Gasteiger partial charge is 0.384 e. The van der Waals surface area contributed by atoms with E-state index in [4.69, 9.17) is 5.73 Å². The average molecular weight is 201 g/mol. The van der Waals surface area contributed by atoms with Crippen molar-refractivity contribution < 1.29 is 0 Å². The number of hydrogen-bond donors (Lipinski definition) is 1. The molecule has 0 saturated heterocycles. The molecule has 2 nitrogen and oxygen atoms in total. The molecule has 0 amide bonds. The highest BCUT2D eigenvalue weighted by Crippen LogP contribution is 2.15. The van der Waals surface area contributed by atoms with E-state index in [2.05, 4.69) is 20.9 Å². The molecule has 0 fully saturated rings. The number of pyridine rings is 1. The van der Waals surface area contributed by atoms with E-state index in [9.17, 15) is 0 Å². The smallest absolute Gasteiger partial charge is 0.123 e. The Balaban J connectivity index is 3.09. The quantitative estimate of drug-likeness (QED) is 0.754. The lowest BCUT2D eigenvalue weighted by Crippen LogP contribution is -1.94. The Morgan fingerprint density at radius 2 is 2.30 bits per heavy atom. The van der Waals surface area contributed by atoms with E-state index in [1.807, 2.05) is 13.0 Å². The van der Waals surface area contributed by atoms with Crippen molar-refractivity contribution in [3.05, 3.63) is 22.3 Å². The highest BCUT2D eigenvalue weighted by atomic mass is 79.9. The van der Waals surface area contributed by atoms with Gasteiger partial charge in [0, 0.05) is 4.47 Å². The molecule has 0 unspecified atom stereocenters. The molecule has 1 aromatic rings. The van der Waals surface area contributed by atoms with Gasteiger partial charge in [0.2, 0.25) is 0 Å². The first kappa shape index (κ1) is 7.54. The Hall–Kier alpha value is -0.570. The van der Waals surface area contributed by atoms with Crippen LogP contribution in [-0.4, -0.2) is 4.98 Å². The van der Waals surface area contributed by atoms with Gasteiger partial charge in [-0.25, -0.2) is 4.98 Å². The van der Waals surface area contributed by atoms with E-state index >= 15 is 0 Å². The monoisotopic (exact) mass is 200 g/mol. The van der Waals surface area contributed by atoms with Gasteiger partial charge in [-0.3, -0.25) is 0 Å². The minimum atomic E-state index is 0.583. The van der Waals surface area contributed by atoms with Crippen LogP contribution < -0.4 is 5.73 Å². The van der Waals surface area contributed by atoms with Crippen LogP contribution in [0.4, 0.5) is 5.82 Å². The third-order valence-corrected chi connectivity index (χ3v) is 2.00. The molecule has 0 radical (unpaired) electrons. The number of rotatable bonds is 1. The molecular weight excluding hydrogens is 192 g/mol. The first-order valence-electron chi connectivity index (χ1n) is 3.15. The van der Waals surface area contributed by atoms with Gasteiger partial charge < -0.3 is 5.73 Å². The highest BCUT2D eigenvalue weighted by molar-refractivity contribution is 9.10. The van der Waals surface area contributed by atoms with E-state index in [1.165, 1.54) is 0 Å². The summed E-state index contributed by atoms with van der Waals surface area (Å²) in [4.78, 5) is 4.12. The normalized spacial score (nSPS) is 9.80. The molecule has 1 rings (SSSR count). The van der Waals surface area contributed by atoms with Crippen LogP contribution in [0.15, 0.2) is 16.6 Å². The lowest BCUT2D eigenvalue weighted by atomic mass is 10.3. The van der Waals surface area contributed by atoms with Crippen molar-refractivity contribution in [2.24, 2.45) is 0 Å². The summed E-state index contributed by atoms with van der Waals surface area (Å²) in [5, 5.41) is 0. The van der Waals surface area contributed by atoms with E-state index in [0.717, 1.165) is 16.6 Å². The summed E-state index contributed by atoms with van der Waals surface area (Å²) in [5.74, 6) is 0.583. The fourth-order valence-electron chi connectivity index (χ4n) is 0.749. The number of nitrogens with zero attached hydrogens (tertiary/aromatic N) is 1. The lowest BCUT2D eigenvalue weighted by Gasteiger charge is -1.99. The molecular formula is C7H9BrN2. The predicted octanol–water partition coefficient (Wildman–Crippen LogP) is 1.99. The Morgan fingerprint density at radius 1 is 1.60 bits per heavy atom. The first-order chi connectivity index (χ1) is 4.74. The van der Waals surface area contributed by atoms with Gasteiger partial charge in [0.15, 0.2) is 0 Å². The number of nitrogen functional groups attached to an aromatic ring is 1.